The molecule has 0 saturated carbocycles. The number of likely N-dealkylation sites (tertiary alicyclic amines) is 1. The molecular formula is C25H29N3O3. The maximum absolute atomic E-state index is 13.0. The molecule has 2 aromatic carbocycles. The number of hydrogen-bond donors (Lipinski definition) is 1. The van der Waals surface area contributed by atoms with Crippen LogP contribution in [0.3, 0.4) is 0 Å². The second kappa shape index (κ2) is 8.92. The number of aryl methyl sites for hydroxylation is 2. The van der Waals surface area contributed by atoms with Crippen LogP contribution in [0.5, 0.6) is 0 Å². The van der Waals surface area contributed by atoms with Crippen molar-refractivity contribution < 1.29 is 14.4 Å². The van der Waals surface area contributed by atoms with Gasteiger partial charge in [0.15, 0.2) is 0 Å². The Morgan fingerprint density at radius 1 is 1.06 bits per heavy atom. The fourth-order valence-corrected chi connectivity index (χ4v) is 4.41. The lowest BCUT2D eigenvalue weighted by Crippen LogP contribution is -2.31. The fraction of sp³-hybridized carbons (Fsp3) is 0.400. The third-order valence-electron chi connectivity index (χ3n) is 6.29. The molecule has 2 saturated heterocycles. The van der Waals surface area contributed by atoms with Crippen molar-refractivity contribution in [2.24, 2.45) is 5.92 Å². The number of carbonyl (C=O) groups is 3. The summed E-state index contributed by atoms with van der Waals surface area (Å²) in [5, 5.41) is 2.94. The second-order valence-corrected chi connectivity index (χ2v) is 8.41. The van der Waals surface area contributed by atoms with Gasteiger partial charge in [0.2, 0.25) is 11.8 Å². The average molecular weight is 420 g/mol. The zero-order valence-electron chi connectivity index (χ0n) is 18.2. The first-order valence-corrected chi connectivity index (χ1v) is 11.1. The average Bonchev–Trinajstić information content (AvgIpc) is 3.44. The zero-order valence-corrected chi connectivity index (χ0v) is 18.2. The maximum Gasteiger partial charge on any atom is 0.256 e. The van der Waals surface area contributed by atoms with Gasteiger partial charge in [-0.05, 0) is 55.5 Å². The standard InChI is InChI=1S/C25H29N3O3/c1-3-18-9-11-20(12-10-18)28-16-19(15-22(28)29)24(30)26-21-8-6-7-17(2)23(21)25(31)27-13-4-5-14-27/h6-12,19H,3-5,13-16H2,1-2H3,(H,26,30). The predicted octanol–water partition coefficient (Wildman–Crippen LogP) is 3.79. The van der Waals surface area contributed by atoms with Crippen molar-refractivity contribution in [2.45, 2.75) is 39.5 Å². The SMILES string of the molecule is CCc1ccc(N2CC(C(=O)Nc3cccc(C)c3C(=O)N3CCCC3)CC2=O)cc1. The highest BCUT2D eigenvalue weighted by Gasteiger charge is 2.35. The number of anilines is 2. The van der Waals surface area contributed by atoms with Crippen molar-refractivity contribution in [1.82, 2.24) is 4.90 Å². The summed E-state index contributed by atoms with van der Waals surface area (Å²) in [6.45, 7) is 5.83. The minimum absolute atomic E-state index is 0.0361. The number of nitrogens with zero attached hydrogens (tertiary/aromatic N) is 2. The van der Waals surface area contributed by atoms with E-state index in [9.17, 15) is 14.4 Å². The van der Waals surface area contributed by atoms with Crippen molar-refractivity contribution in [2.75, 3.05) is 29.9 Å². The van der Waals surface area contributed by atoms with Crippen molar-refractivity contribution in [3.63, 3.8) is 0 Å². The highest BCUT2D eigenvalue weighted by atomic mass is 16.2. The van der Waals surface area contributed by atoms with E-state index in [0.29, 0.717) is 17.8 Å². The van der Waals surface area contributed by atoms with Crippen LogP contribution >= 0.6 is 0 Å². The van der Waals surface area contributed by atoms with Gasteiger partial charge in [-0.2, -0.15) is 0 Å². The first kappa shape index (κ1) is 21.1. The molecule has 0 aliphatic carbocycles. The molecule has 6 heteroatoms. The van der Waals surface area contributed by atoms with Crippen LogP contribution in [0.1, 0.15) is 47.7 Å². The molecule has 1 unspecified atom stereocenters. The van der Waals surface area contributed by atoms with Gasteiger partial charge in [0.05, 0.1) is 17.2 Å². The number of hydrogen-bond acceptors (Lipinski definition) is 3. The van der Waals surface area contributed by atoms with Gasteiger partial charge in [0.1, 0.15) is 0 Å². The van der Waals surface area contributed by atoms with E-state index in [1.54, 1.807) is 11.0 Å². The van der Waals surface area contributed by atoms with Crippen LogP contribution in [0.2, 0.25) is 0 Å². The predicted molar refractivity (Wildman–Crippen MR) is 121 cm³/mol. The molecule has 4 rings (SSSR count). The Balaban J connectivity index is 1.49. The molecule has 0 radical (unpaired) electrons. The van der Waals surface area contributed by atoms with E-state index < -0.39 is 5.92 Å². The van der Waals surface area contributed by atoms with Gasteiger partial charge < -0.3 is 15.1 Å². The summed E-state index contributed by atoms with van der Waals surface area (Å²) >= 11 is 0. The van der Waals surface area contributed by atoms with Gasteiger partial charge in [-0.1, -0.05) is 31.2 Å². The Morgan fingerprint density at radius 2 is 1.77 bits per heavy atom. The van der Waals surface area contributed by atoms with Crippen molar-refractivity contribution in [3.8, 4) is 0 Å². The maximum atomic E-state index is 13.0. The van der Waals surface area contributed by atoms with Gasteiger partial charge in [0.25, 0.3) is 5.91 Å². The highest BCUT2D eigenvalue weighted by molar-refractivity contribution is 6.07. The van der Waals surface area contributed by atoms with E-state index in [1.165, 1.54) is 5.56 Å². The summed E-state index contributed by atoms with van der Waals surface area (Å²) in [7, 11) is 0. The number of rotatable bonds is 5. The summed E-state index contributed by atoms with van der Waals surface area (Å²) in [4.78, 5) is 42.2. The summed E-state index contributed by atoms with van der Waals surface area (Å²) in [6, 6.07) is 13.4. The molecule has 2 heterocycles. The summed E-state index contributed by atoms with van der Waals surface area (Å²) < 4.78 is 0. The van der Waals surface area contributed by atoms with Crippen LogP contribution in [0.25, 0.3) is 0 Å². The third kappa shape index (κ3) is 4.33. The lowest BCUT2D eigenvalue weighted by molar-refractivity contribution is -0.122. The molecule has 1 atom stereocenters. The van der Waals surface area contributed by atoms with E-state index in [4.69, 9.17) is 0 Å². The summed E-state index contributed by atoms with van der Waals surface area (Å²) in [5.41, 5.74) is 3.95. The van der Waals surface area contributed by atoms with Crippen LogP contribution in [0.15, 0.2) is 42.5 Å². The molecule has 1 N–H and O–H groups in total. The van der Waals surface area contributed by atoms with Crippen molar-refractivity contribution in [1.29, 1.82) is 0 Å². The minimum atomic E-state index is -0.450. The number of amides is 3. The van der Waals surface area contributed by atoms with Crippen LogP contribution in [-0.2, 0) is 16.0 Å². The van der Waals surface area contributed by atoms with E-state index in [2.05, 4.69) is 12.2 Å². The summed E-state index contributed by atoms with van der Waals surface area (Å²) in [6.07, 6.45) is 3.13. The zero-order chi connectivity index (χ0) is 22.0. The first-order valence-electron chi connectivity index (χ1n) is 11.1. The molecule has 31 heavy (non-hydrogen) atoms. The van der Waals surface area contributed by atoms with Gasteiger partial charge in [-0.25, -0.2) is 0 Å². The smallest absolute Gasteiger partial charge is 0.256 e. The quantitative estimate of drug-likeness (QED) is 0.802. The fourth-order valence-electron chi connectivity index (χ4n) is 4.41. The topological polar surface area (TPSA) is 69.7 Å². The van der Waals surface area contributed by atoms with Gasteiger partial charge in [-0.3, -0.25) is 14.4 Å². The molecule has 0 spiro atoms. The molecule has 2 fully saturated rings. The van der Waals surface area contributed by atoms with Gasteiger partial charge >= 0.3 is 0 Å². The van der Waals surface area contributed by atoms with Crippen molar-refractivity contribution in [3.05, 3.63) is 59.2 Å². The Labute approximate surface area is 183 Å². The molecule has 0 aromatic heterocycles. The van der Waals surface area contributed by atoms with E-state index in [-0.39, 0.29) is 24.1 Å². The van der Waals surface area contributed by atoms with Crippen LogP contribution in [0, 0.1) is 12.8 Å². The molecule has 6 nitrogen and oxygen atoms in total. The van der Waals surface area contributed by atoms with Crippen LogP contribution in [0.4, 0.5) is 11.4 Å². The Kier molecular flexibility index (Phi) is 6.07. The monoisotopic (exact) mass is 419 g/mol. The first-order chi connectivity index (χ1) is 15.0. The minimum Gasteiger partial charge on any atom is -0.339 e. The second-order valence-electron chi connectivity index (χ2n) is 8.41. The molecule has 0 bridgehead atoms. The molecule has 3 amide bonds. The van der Waals surface area contributed by atoms with Crippen molar-refractivity contribution >= 4 is 29.1 Å². The number of nitrogens with one attached hydrogen (secondary N) is 1. The van der Waals surface area contributed by atoms with E-state index in [0.717, 1.165) is 43.6 Å². The molecule has 2 aliphatic rings. The number of benzene rings is 2. The molecule has 2 aliphatic heterocycles. The summed E-state index contributed by atoms with van der Waals surface area (Å²) in [5.74, 6) is -0.760. The Bertz CT molecular complexity index is 994. The molecule has 162 valence electrons. The van der Waals surface area contributed by atoms with Gasteiger partial charge in [0, 0.05) is 31.7 Å². The highest BCUT2D eigenvalue weighted by Crippen LogP contribution is 2.28. The number of carbonyl (C=O) groups excluding carboxylic acids is 3. The Morgan fingerprint density at radius 3 is 2.45 bits per heavy atom. The van der Waals surface area contributed by atoms with E-state index >= 15 is 0 Å². The molecular weight excluding hydrogens is 390 g/mol. The van der Waals surface area contributed by atoms with Gasteiger partial charge in [-0.15, -0.1) is 0 Å². The lowest BCUT2D eigenvalue weighted by Gasteiger charge is -2.21. The van der Waals surface area contributed by atoms with Crippen LogP contribution < -0.4 is 10.2 Å². The lowest BCUT2D eigenvalue weighted by atomic mass is 10.0. The van der Waals surface area contributed by atoms with Crippen LogP contribution in [-0.4, -0.2) is 42.3 Å². The third-order valence-corrected chi connectivity index (χ3v) is 6.29. The largest absolute Gasteiger partial charge is 0.339 e. The van der Waals surface area contributed by atoms with E-state index in [1.807, 2.05) is 48.2 Å². The Hall–Kier alpha value is -3.15. The normalized spacial score (nSPS) is 18.5. The molecule has 2 aromatic rings.